The lowest BCUT2D eigenvalue weighted by molar-refractivity contribution is -0.133. The number of aliphatic hydroxyl groups excluding tert-OH is 1. The maximum Gasteiger partial charge on any atom is 0.237 e. The Hall–Kier alpha value is -1.95. The molecule has 2 aliphatic heterocycles. The Morgan fingerprint density at radius 1 is 1.21 bits per heavy atom. The van der Waals surface area contributed by atoms with Crippen molar-refractivity contribution in [2.75, 3.05) is 39.8 Å². The van der Waals surface area contributed by atoms with Crippen molar-refractivity contribution in [3.8, 4) is 0 Å². The third-order valence-corrected chi connectivity index (χ3v) is 7.17. The van der Waals surface area contributed by atoms with Crippen molar-refractivity contribution < 1.29 is 9.90 Å². The molecule has 2 aromatic rings. The molecule has 2 aromatic carbocycles. The van der Waals surface area contributed by atoms with E-state index in [1.165, 1.54) is 10.8 Å². The van der Waals surface area contributed by atoms with E-state index in [2.05, 4.69) is 52.5 Å². The zero-order chi connectivity index (χ0) is 20.6. The molecule has 0 bridgehead atoms. The summed E-state index contributed by atoms with van der Waals surface area (Å²) in [6, 6.07) is 14.4. The van der Waals surface area contributed by atoms with Crippen molar-refractivity contribution in [3.05, 3.63) is 48.0 Å². The summed E-state index contributed by atoms with van der Waals surface area (Å²) in [6.07, 6.45) is 1.06. The van der Waals surface area contributed by atoms with E-state index in [9.17, 15) is 9.90 Å². The van der Waals surface area contributed by atoms with Crippen LogP contribution in [0.4, 0.5) is 0 Å². The zero-order valence-corrected chi connectivity index (χ0v) is 17.8. The minimum atomic E-state index is -0.192. The summed E-state index contributed by atoms with van der Waals surface area (Å²) in [7, 11) is 2.14. The van der Waals surface area contributed by atoms with Crippen molar-refractivity contribution >= 4 is 16.7 Å². The van der Waals surface area contributed by atoms with E-state index >= 15 is 0 Å². The van der Waals surface area contributed by atoms with Gasteiger partial charge < -0.3 is 15.3 Å². The first-order chi connectivity index (χ1) is 13.9. The molecular weight excluding hydrogens is 362 g/mol. The molecule has 3 unspecified atom stereocenters. The lowest BCUT2D eigenvalue weighted by atomic mass is 9.65. The van der Waals surface area contributed by atoms with Crippen LogP contribution in [-0.4, -0.2) is 66.7 Å². The molecular formula is C24H33N3O2. The first kappa shape index (κ1) is 20.3. The van der Waals surface area contributed by atoms with Gasteiger partial charge in [-0.15, -0.1) is 0 Å². The number of nitrogens with zero attached hydrogens (tertiary/aromatic N) is 2. The standard InChI is InChI=1S/C24H33N3O2/c1-17(20-9-8-19-6-4-5-7-21(19)12-20)25-23(29)18(2)27-11-10-24(15-26(3)16-24)22(13-27)14-28/h4-9,12,17-18,22,28H,10-11,13-16H2,1-3H3,(H,25,29). The van der Waals surface area contributed by atoms with Crippen LogP contribution in [0.25, 0.3) is 10.8 Å². The molecule has 4 rings (SSSR count). The fraction of sp³-hybridized carbons (Fsp3) is 0.542. The second kappa shape index (κ2) is 8.05. The number of carbonyl (C=O) groups excluding carboxylic acids is 1. The number of amides is 1. The largest absolute Gasteiger partial charge is 0.396 e. The van der Waals surface area contributed by atoms with Crippen molar-refractivity contribution in [2.24, 2.45) is 11.3 Å². The second-order valence-corrected chi connectivity index (χ2v) is 9.17. The van der Waals surface area contributed by atoms with Gasteiger partial charge in [0, 0.05) is 37.6 Å². The smallest absolute Gasteiger partial charge is 0.237 e. The average molecular weight is 396 g/mol. The van der Waals surface area contributed by atoms with Gasteiger partial charge >= 0.3 is 0 Å². The van der Waals surface area contributed by atoms with Gasteiger partial charge in [-0.25, -0.2) is 0 Å². The van der Waals surface area contributed by atoms with Crippen molar-refractivity contribution in [3.63, 3.8) is 0 Å². The number of piperidine rings is 1. The molecule has 156 valence electrons. The molecule has 5 nitrogen and oxygen atoms in total. The summed E-state index contributed by atoms with van der Waals surface area (Å²) in [4.78, 5) is 17.5. The summed E-state index contributed by atoms with van der Waals surface area (Å²) < 4.78 is 0. The van der Waals surface area contributed by atoms with Crippen LogP contribution < -0.4 is 5.32 Å². The molecule has 0 aromatic heterocycles. The Kier molecular flexibility index (Phi) is 5.65. The normalized spacial score (nSPS) is 24.2. The molecule has 0 saturated carbocycles. The van der Waals surface area contributed by atoms with Crippen LogP contribution in [0, 0.1) is 11.3 Å². The third-order valence-electron chi connectivity index (χ3n) is 7.17. The van der Waals surface area contributed by atoms with Gasteiger partial charge in [0.2, 0.25) is 5.91 Å². The Balaban J connectivity index is 1.38. The van der Waals surface area contributed by atoms with Gasteiger partial charge in [-0.1, -0.05) is 36.4 Å². The summed E-state index contributed by atoms with van der Waals surface area (Å²) >= 11 is 0. The van der Waals surface area contributed by atoms with Gasteiger partial charge in [0.25, 0.3) is 0 Å². The van der Waals surface area contributed by atoms with Gasteiger partial charge in [-0.05, 0) is 56.3 Å². The van der Waals surface area contributed by atoms with E-state index in [-0.39, 0.29) is 35.9 Å². The molecule has 2 heterocycles. The number of carbonyl (C=O) groups is 1. The lowest BCUT2D eigenvalue weighted by Gasteiger charge is -2.57. The second-order valence-electron chi connectivity index (χ2n) is 9.17. The molecule has 2 saturated heterocycles. The number of rotatable bonds is 5. The Labute approximate surface area is 173 Å². The Bertz CT molecular complexity index is 877. The highest BCUT2D eigenvalue weighted by Gasteiger charge is 2.50. The molecule has 1 spiro atoms. The van der Waals surface area contributed by atoms with Crippen LogP contribution in [0.2, 0.25) is 0 Å². The number of fused-ring (bicyclic) bond motifs is 1. The molecule has 5 heteroatoms. The number of nitrogens with one attached hydrogen (secondary N) is 1. The number of hydrogen-bond donors (Lipinski definition) is 2. The predicted octanol–water partition coefficient (Wildman–Crippen LogP) is 2.65. The van der Waals surface area contributed by atoms with Crippen LogP contribution in [0.3, 0.4) is 0 Å². The molecule has 2 fully saturated rings. The van der Waals surface area contributed by atoms with E-state index in [0.717, 1.165) is 38.2 Å². The van der Waals surface area contributed by atoms with Gasteiger partial charge in [0.05, 0.1) is 12.1 Å². The summed E-state index contributed by atoms with van der Waals surface area (Å²) in [6.45, 7) is 8.07. The van der Waals surface area contributed by atoms with Crippen LogP contribution in [0.1, 0.15) is 31.9 Å². The summed E-state index contributed by atoms with van der Waals surface area (Å²) in [5.41, 5.74) is 1.36. The van der Waals surface area contributed by atoms with Gasteiger partial charge in [0.15, 0.2) is 0 Å². The molecule has 2 N–H and O–H groups in total. The molecule has 2 aliphatic rings. The van der Waals surface area contributed by atoms with Crippen molar-refractivity contribution in [1.29, 1.82) is 0 Å². The first-order valence-corrected chi connectivity index (χ1v) is 10.7. The molecule has 0 radical (unpaired) electrons. The van der Waals surface area contributed by atoms with E-state index in [0.29, 0.717) is 0 Å². The highest BCUT2D eigenvalue weighted by atomic mass is 16.3. The fourth-order valence-corrected chi connectivity index (χ4v) is 5.25. The Morgan fingerprint density at radius 2 is 1.93 bits per heavy atom. The highest BCUT2D eigenvalue weighted by molar-refractivity contribution is 5.84. The minimum absolute atomic E-state index is 0.0420. The van der Waals surface area contributed by atoms with Crippen LogP contribution >= 0.6 is 0 Å². The first-order valence-electron chi connectivity index (χ1n) is 10.7. The van der Waals surface area contributed by atoms with E-state index in [1.807, 2.05) is 26.0 Å². The van der Waals surface area contributed by atoms with Crippen LogP contribution in [0.5, 0.6) is 0 Å². The van der Waals surface area contributed by atoms with Crippen LogP contribution in [0.15, 0.2) is 42.5 Å². The lowest BCUT2D eigenvalue weighted by Crippen LogP contribution is -2.65. The predicted molar refractivity (Wildman–Crippen MR) is 117 cm³/mol. The zero-order valence-electron chi connectivity index (χ0n) is 17.8. The fourth-order valence-electron chi connectivity index (χ4n) is 5.25. The quantitative estimate of drug-likeness (QED) is 0.817. The van der Waals surface area contributed by atoms with Gasteiger partial charge in [0.1, 0.15) is 0 Å². The Morgan fingerprint density at radius 3 is 2.62 bits per heavy atom. The monoisotopic (exact) mass is 395 g/mol. The SMILES string of the molecule is CC(NC(=O)C(C)N1CCC2(CN(C)C2)C(CO)C1)c1ccc2ccccc2c1. The van der Waals surface area contributed by atoms with Crippen molar-refractivity contribution in [2.45, 2.75) is 32.4 Å². The highest BCUT2D eigenvalue weighted by Crippen LogP contribution is 2.43. The van der Waals surface area contributed by atoms with Gasteiger partial charge in [-0.3, -0.25) is 9.69 Å². The minimum Gasteiger partial charge on any atom is -0.396 e. The number of benzene rings is 2. The molecule has 1 amide bonds. The molecule has 0 aliphatic carbocycles. The number of hydrogen-bond acceptors (Lipinski definition) is 4. The average Bonchev–Trinajstić information content (AvgIpc) is 2.72. The maximum atomic E-state index is 13.0. The van der Waals surface area contributed by atoms with E-state index in [1.54, 1.807) is 0 Å². The number of likely N-dealkylation sites (tertiary alicyclic amines) is 2. The summed E-state index contributed by atoms with van der Waals surface area (Å²) in [5, 5.41) is 15.5. The maximum absolute atomic E-state index is 13.0. The molecule has 29 heavy (non-hydrogen) atoms. The van der Waals surface area contributed by atoms with Crippen molar-refractivity contribution in [1.82, 2.24) is 15.1 Å². The van der Waals surface area contributed by atoms with Crippen LogP contribution in [-0.2, 0) is 4.79 Å². The molecule has 3 atom stereocenters. The summed E-state index contributed by atoms with van der Waals surface area (Å²) in [5.74, 6) is 0.310. The van der Waals surface area contributed by atoms with E-state index < -0.39 is 0 Å². The van der Waals surface area contributed by atoms with Gasteiger partial charge in [-0.2, -0.15) is 0 Å². The topological polar surface area (TPSA) is 55.8 Å². The number of aliphatic hydroxyl groups is 1. The van der Waals surface area contributed by atoms with E-state index in [4.69, 9.17) is 0 Å². The third kappa shape index (κ3) is 3.91.